The molecule has 0 amide bonds. The molecule has 0 aliphatic carbocycles. The monoisotopic (exact) mass is 276 g/mol. The summed E-state index contributed by atoms with van der Waals surface area (Å²) in [5.41, 5.74) is -1.88. The van der Waals surface area contributed by atoms with Crippen LogP contribution in [0.1, 0.15) is 0 Å². The van der Waals surface area contributed by atoms with Crippen molar-refractivity contribution in [1.29, 1.82) is 0 Å². The summed E-state index contributed by atoms with van der Waals surface area (Å²) >= 11 is 0. The SMILES string of the molecule is Oc1ccc(-c2c(F)c(F)c(F)c(F)c2F)c(O)c1. The second-order valence-electron chi connectivity index (χ2n) is 3.65. The van der Waals surface area contributed by atoms with Gasteiger partial charge in [0.25, 0.3) is 0 Å². The third-order valence-corrected chi connectivity index (χ3v) is 2.46. The first-order valence-corrected chi connectivity index (χ1v) is 4.88. The van der Waals surface area contributed by atoms with Gasteiger partial charge in [-0.05, 0) is 12.1 Å². The molecule has 0 spiro atoms. The van der Waals surface area contributed by atoms with Gasteiger partial charge in [-0.25, -0.2) is 22.0 Å². The third kappa shape index (κ3) is 1.96. The van der Waals surface area contributed by atoms with E-state index in [0.717, 1.165) is 12.1 Å². The number of rotatable bonds is 1. The quantitative estimate of drug-likeness (QED) is 0.475. The van der Waals surface area contributed by atoms with Crippen LogP contribution in [0.25, 0.3) is 11.1 Å². The number of halogens is 5. The Hall–Kier alpha value is -2.31. The van der Waals surface area contributed by atoms with Crippen molar-refractivity contribution in [3.63, 3.8) is 0 Å². The number of phenols is 2. The molecule has 2 N–H and O–H groups in total. The van der Waals surface area contributed by atoms with Gasteiger partial charge in [-0.3, -0.25) is 0 Å². The summed E-state index contributed by atoms with van der Waals surface area (Å²) in [5, 5.41) is 18.4. The minimum absolute atomic E-state index is 0.426. The molecule has 100 valence electrons. The Kier molecular flexibility index (Phi) is 3.05. The maximum atomic E-state index is 13.5. The molecule has 0 saturated carbocycles. The van der Waals surface area contributed by atoms with Crippen molar-refractivity contribution in [1.82, 2.24) is 0 Å². The number of hydrogen-bond acceptors (Lipinski definition) is 2. The van der Waals surface area contributed by atoms with E-state index in [9.17, 15) is 27.1 Å². The molecule has 2 rings (SSSR count). The first-order chi connectivity index (χ1) is 8.84. The lowest BCUT2D eigenvalue weighted by atomic mass is 10.0. The fourth-order valence-electron chi connectivity index (χ4n) is 1.57. The van der Waals surface area contributed by atoms with E-state index in [-0.39, 0.29) is 0 Å². The highest BCUT2D eigenvalue weighted by atomic mass is 19.2. The third-order valence-electron chi connectivity index (χ3n) is 2.46. The summed E-state index contributed by atoms with van der Waals surface area (Å²) in [7, 11) is 0. The summed E-state index contributed by atoms with van der Waals surface area (Å²) in [6.45, 7) is 0. The van der Waals surface area contributed by atoms with Crippen molar-refractivity contribution in [2.24, 2.45) is 0 Å². The fourth-order valence-corrected chi connectivity index (χ4v) is 1.57. The Morgan fingerprint density at radius 2 is 1.16 bits per heavy atom. The van der Waals surface area contributed by atoms with Crippen LogP contribution in [0.2, 0.25) is 0 Å². The van der Waals surface area contributed by atoms with E-state index < -0.39 is 51.7 Å². The lowest BCUT2D eigenvalue weighted by molar-refractivity contribution is 0.380. The molecule has 0 atom stereocenters. The zero-order valence-corrected chi connectivity index (χ0v) is 9.02. The second-order valence-corrected chi connectivity index (χ2v) is 3.65. The van der Waals surface area contributed by atoms with Crippen molar-refractivity contribution < 1.29 is 32.2 Å². The first-order valence-electron chi connectivity index (χ1n) is 4.88. The molecule has 0 saturated heterocycles. The Morgan fingerprint density at radius 3 is 1.63 bits per heavy atom. The van der Waals surface area contributed by atoms with E-state index in [1.165, 1.54) is 0 Å². The molecule has 2 nitrogen and oxygen atoms in total. The van der Waals surface area contributed by atoms with E-state index in [0.29, 0.717) is 6.07 Å². The maximum absolute atomic E-state index is 13.5. The summed E-state index contributed by atoms with van der Waals surface area (Å²) in [6.07, 6.45) is 0. The van der Waals surface area contributed by atoms with Gasteiger partial charge in [-0.15, -0.1) is 0 Å². The average Bonchev–Trinajstić information content (AvgIpc) is 2.37. The molecule has 0 unspecified atom stereocenters. The number of aromatic hydroxyl groups is 2. The zero-order chi connectivity index (χ0) is 14.3. The lowest BCUT2D eigenvalue weighted by Gasteiger charge is -2.10. The van der Waals surface area contributed by atoms with Crippen molar-refractivity contribution in [3.05, 3.63) is 47.3 Å². The number of benzene rings is 2. The minimum atomic E-state index is -2.28. The van der Waals surface area contributed by atoms with Crippen LogP contribution in [0, 0.1) is 29.1 Å². The Bertz CT molecular complexity index is 641. The molecule has 0 aromatic heterocycles. The van der Waals surface area contributed by atoms with Gasteiger partial charge in [0.05, 0.1) is 5.56 Å². The highest BCUT2D eigenvalue weighted by Crippen LogP contribution is 2.37. The average molecular weight is 276 g/mol. The Morgan fingerprint density at radius 1 is 0.684 bits per heavy atom. The highest BCUT2D eigenvalue weighted by Gasteiger charge is 2.27. The van der Waals surface area contributed by atoms with Gasteiger partial charge in [-0.1, -0.05) is 0 Å². The second kappa shape index (κ2) is 4.42. The molecular formula is C12H5F5O2. The van der Waals surface area contributed by atoms with E-state index in [1.54, 1.807) is 0 Å². The molecule has 19 heavy (non-hydrogen) atoms. The van der Waals surface area contributed by atoms with E-state index in [2.05, 4.69) is 0 Å². The summed E-state index contributed by atoms with van der Waals surface area (Å²) in [5.74, 6) is -11.9. The minimum Gasteiger partial charge on any atom is -0.508 e. The Balaban J connectivity index is 2.83. The molecule has 0 aliphatic rings. The van der Waals surface area contributed by atoms with Crippen molar-refractivity contribution >= 4 is 0 Å². The van der Waals surface area contributed by atoms with Gasteiger partial charge in [0.1, 0.15) is 11.5 Å². The fraction of sp³-hybridized carbons (Fsp3) is 0. The normalized spacial score (nSPS) is 10.8. The predicted molar refractivity (Wildman–Crippen MR) is 55.0 cm³/mol. The van der Waals surface area contributed by atoms with Crippen LogP contribution in [0.4, 0.5) is 22.0 Å². The summed E-state index contributed by atoms with van der Waals surface area (Å²) < 4.78 is 65.8. The van der Waals surface area contributed by atoms with Crippen molar-refractivity contribution in [2.45, 2.75) is 0 Å². The van der Waals surface area contributed by atoms with Gasteiger partial charge in [0, 0.05) is 11.6 Å². The smallest absolute Gasteiger partial charge is 0.200 e. The summed E-state index contributed by atoms with van der Waals surface area (Å²) in [6, 6.07) is 2.49. The van der Waals surface area contributed by atoms with Crippen LogP contribution < -0.4 is 0 Å². The van der Waals surface area contributed by atoms with Gasteiger partial charge in [-0.2, -0.15) is 0 Å². The maximum Gasteiger partial charge on any atom is 0.200 e. The first kappa shape index (κ1) is 13.1. The molecule has 0 heterocycles. The molecule has 7 heteroatoms. The molecule has 0 bridgehead atoms. The number of hydrogen-bond donors (Lipinski definition) is 2. The Labute approximate surface area is 103 Å². The zero-order valence-electron chi connectivity index (χ0n) is 9.02. The summed E-state index contributed by atoms with van der Waals surface area (Å²) in [4.78, 5) is 0. The lowest BCUT2D eigenvalue weighted by Crippen LogP contribution is -2.04. The van der Waals surface area contributed by atoms with Gasteiger partial charge in [0.2, 0.25) is 5.82 Å². The van der Waals surface area contributed by atoms with Crippen LogP contribution in [0.15, 0.2) is 18.2 Å². The molecule has 2 aromatic rings. The molecule has 2 aromatic carbocycles. The van der Waals surface area contributed by atoms with Crippen LogP contribution in [0.3, 0.4) is 0 Å². The van der Waals surface area contributed by atoms with Crippen LogP contribution >= 0.6 is 0 Å². The van der Waals surface area contributed by atoms with Gasteiger partial charge in [0.15, 0.2) is 23.3 Å². The molecule has 0 aliphatic heterocycles. The molecule has 0 fully saturated rings. The largest absolute Gasteiger partial charge is 0.508 e. The van der Waals surface area contributed by atoms with Gasteiger partial charge < -0.3 is 10.2 Å². The number of phenolic OH excluding ortho intramolecular Hbond substituents is 2. The van der Waals surface area contributed by atoms with Crippen molar-refractivity contribution in [2.75, 3.05) is 0 Å². The molecular weight excluding hydrogens is 271 g/mol. The van der Waals surface area contributed by atoms with E-state index in [4.69, 9.17) is 5.11 Å². The topological polar surface area (TPSA) is 40.5 Å². The van der Waals surface area contributed by atoms with Crippen LogP contribution in [0.5, 0.6) is 11.5 Å². The highest BCUT2D eigenvalue weighted by molar-refractivity contribution is 5.72. The van der Waals surface area contributed by atoms with E-state index in [1.807, 2.05) is 0 Å². The van der Waals surface area contributed by atoms with Crippen LogP contribution in [-0.4, -0.2) is 10.2 Å². The molecule has 0 radical (unpaired) electrons. The van der Waals surface area contributed by atoms with Crippen molar-refractivity contribution in [3.8, 4) is 22.6 Å². The van der Waals surface area contributed by atoms with Gasteiger partial charge >= 0.3 is 0 Å². The predicted octanol–water partition coefficient (Wildman–Crippen LogP) is 3.46. The van der Waals surface area contributed by atoms with E-state index >= 15 is 0 Å². The van der Waals surface area contributed by atoms with Crippen LogP contribution in [-0.2, 0) is 0 Å². The standard InChI is InChI=1S/C12H5F5O2/c13-8-7(5-2-1-4(18)3-6(5)19)9(14)11(16)12(17)10(8)15/h1-3,18-19H.